The molecule has 4 aromatic heterocycles. The van der Waals surface area contributed by atoms with Gasteiger partial charge >= 0.3 is 0 Å². The van der Waals surface area contributed by atoms with E-state index in [-0.39, 0.29) is 18.0 Å². The van der Waals surface area contributed by atoms with Gasteiger partial charge in [-0.2, -0.15) is 5.10 Å². The van der Waals surface area contributed by atoms with Crippen molar-refractivity contribution in [2.24, 2.45) is 5.92 Å². The molecule has 0 amide bonds. The number of ketones is 1. The van der Waals surface area contributed by atoms with E-state index < -0.39 is 0 Å². The van der Waals surface area contributed by atoms with Crippen molar-refractivity contribution in [3.05, 3.63) is 60.7 Å². The molecule has 0 spiro atoms. The average Bonchev–Trinajstić information content (AvgIpc) is 3.60. The number of H-pyrrole nitrogens is 1. The number of anilines is 2. The number of Topliss-reactive ketones (excluding diaryl/α,β-unsaturated/α-hetero) is 1. The molecule has 1 saturated heterocycles. The lowest BCUT2D eigenvalue weighted by Crippen LogP contribution is -2.42. The maximum atomic E-state index is 13.7. The molecule has 186 valence electrons. The van der Waals surface area contributed by atoms with Crippen LogP contribution >= 0.6 is 0 Å². The molecular formula is C28H27N7O2. The van der Waals surface area contributed by atoms with Crippen LogP contribution in [0.25, 0.3) is 33.3 Å². The summed E-state index contributed by atoms with van der Waals surface area (Å²) in [6.07, 6.45) is 7.27. The maximum absolute atomic E-state index is 13.7. The Bertz CT molecular complexity index is 1610. The van der Waals surface area contributed by atoms with Crippen molar-refractivity contribution >= 4 is 39.5 Å². The van der Waals surface area contributed by atoms with E-state index >= 15 is 0 Å². The Morgan fingerprint density at radius 2 is 2.00 bits per heavy atom. The molecule has 2 N–H and O–H groups in total. The van der Waals surface area contributed by atoms with Gasteiger partial charge in [0.2, 0.25) is 0 Å². The zero-order valence-electron chi connectivity index (χ0n) is 20.5. The molecule has 0 bridgehead atoms. The number of carbonyl (C=O) groups is 1. The lowest BCUT2D eigenvalue weighted by molar-refractivity contribution is -0.126. The monoisotopic (exact) mass is 493 g/mol. The second-order valence-corrected chi connectivity index (χ2v) is 10.0. The number of aromatic amines is 1. The third-order valence-corrected chi connectivity index (χ3v) is 7.65. The second kappa shape index (κ2) is 8.69. The molecule has 1 aliphatic heterocycles. The van der Waals surface area contributed by atoms with Gasteiger partial charge in [0.1, 0.15) is 22.7 Å². The lowest BCUT2D eigenvalue weighted by Gasteiger charge is -2.31. The first-order valence-corrected chi connectivity index (χ1v) is 12.8. The SMILES string of the molecule is Cc1nc(N2CC(Nc3[nH]ncc3-c3ccccn3)CC2C(=O)C2CCC2)c2oc3ccccc3c2n1. The van der Waals surface area contributed by atoms with E-state index in [9.17, 15) is 4.79 Å². The topological polar surface area (TPSA) is 113 Å². The Hall–Kier alpha value is -4.27. The van der Waals surface area contributed by atoms with Gasteiger partial charge in [0, 0.05) is 30.1 Å². The summed E-state index contributed by atoms with van der Waals surface area (Å²) in [5.41, 5.74) is 3.93. The van der Waals surface area contributed by atoms with Crippen LogP contribution in [0, 0.1) is 12.8 Å². The second-order valence-electron chi connectivity index (χ2n) is 10.0. The van der Waals surface area contributed by atoms with E-state index in [2.05, 4.69) is 25.4 Å². The highest BCUT2D eigenvalue weighted by molar-refractivity contribution is 6.06. The average molecular weight is 494 g/mol. The minimum Gasteiger partial charge on any atom is -0.450 e. The van der Waals surface area contributed by atoms with Gasteiger partial charge in [-0.15, -0.1) is 0 Å². The van der Waals surface area contributed by atoms with Gasteiger partial charge in [-0.25, -0.2) is 9.97 Å². The summed E-state index contributed by atoms with van der Waals surface area (Å²) < 4.78 is 6.28. The summed E-state index contributed by atoms with van der Waals surface area (Å²) in [6.45, 7) is 2.50. The van der Waals surface area contributed by atoms with Crippen LogP contribution in [0.5, 0.6) is 0 Å². The first-order valence-electron chi connectivity index (χ1n) is 12.8. The van der Waals surface area contributed by atoms with Crippen LogP contribution in [0.15, 0.2) is 59.3 Å². The molecule has 9 heteroatoms. The Kier molecular flexibility index (Phi) is 5.16. The molecule has 5 heterocycles. The highest BCUT2D eigenvalue weighted by Crippen LogP contribution is 2.39. The minimum atomic E-state index is -0.283. The Balaban J connectivity index is 1.27. The Labute approximate surface area is 213 Å². The van der Waals surface area contributed by atoms with Crippen molar-refractivity contribution in [3.63, 3.8) is 0 Å². The number of pyridine rings is 1. The van der Waals surface area contributed by atoms with Gasteiger partial charge < -0.3 is 14.6 Å². The van der Waals surface area contributed by atoms with Crippen LogP contribution in [0.1, 0.15) is 31.5 Å². The first kappa shape index (κ1) is 22.0. The molecule has 9 nitrogen and oxygen atoms in total. The van der Waals surface area contributed by atoms with Crippen molar-refractivity contribution in [3.8, 4) is 11.3 Å². The van der Waals surface area contributed by atoms with Crippen molar-refractivity contribution in [1.82, 2.24) is 25.1 Å². The van der Waals surface area contributed by atoms with Crippen LogP contribution in [0.3, 0.4) is 0 Å². The fourth-order valence-electron chi connectivity index (χ4n) is 5.61. The molecule has 1 aliphatic carbocycles. The summed E-state index contributed by atoms with van der Waals surface area (Å²) in [5.74, 6) is 2.57. The van der Waals surface area contributed by atoms with Crippen LogP contribution in [-0.2, 0) is 4.79 Å². The normalized spacial score (nSPS) is 20.0. The third kappa shape index (κ3) is 3.73. The van der Waals surface area contributed by atoms with E-state index in [1.54, 1.807) is 12.4 Å². The Morgan fingerprint density at radius 1 is 1.14 bits per heavy atom. The molecular weight excluding hydrogens is 466 g/mol. The largest absolute Gasteiger partial charge is 0.450 e. The fraction of sp³-hybridized carbons (Fsp3) is 0.321. The number of fused-ring (bicyclic) bond motifs is 3. The van der Waals surface area contributed by atoms with Crippen molar-refractivity contribution < 1.29 is 9.21 Å². The minimum absolute atomic E-state index is 0.00615. The highest BCUT2D eigenvalue weighted by Gasteiger charge is 2.43. The molecule has 2 unspecified atom stereocenters. The number of aryl methyl sites for hydroxylation is 1. The van der Waals surface area contributed by atoms with Gasteiger partial charge in [-0.1, -0.05) is 24.6 Å². The number of nitrogens with zero attached hydrogens (tertiary/aromatic N) is 5. The van der Waals surface area contributed by atoms with E-state index in [4.69, 9.17) is 14.4 Å². The molecule has 1 saturated carbocycles. The predicted octanol–water partition coefficient (Wildman–Crippen LogP) is 4.90. The summed E-state index contributed by atoms with van der Waals surface area (Å²) in [7, 11) is 0. The molecule has 0 radical (unpaired) electrons. The molecule has 5 aromatic rings. The zero-order valence-corrected chi connectivity index (χ0v) is 20.5. The van der Waals surface area contributed by atoms with Crippen molar-refractivity contribution in [1.29, 1.82) is 0 Å². The number of hydrogen-bond donors (Lipinski definition) is 2. The highest BCUT2D eigenvalue weighted by atomic mass is 16.3. The summed E-state index contributed by atoms with van der Waals surface area (Å²) in [4.78, 5) is 29.8. The number of para-hydroxylation sites is 1. The molecule has 1 aromatic carbocycles. The molecule has 7 rings (SSSR count). The van der Waals surface area contributed by atoms with E-state index in [1.165, 1.54) is 0 Å². The van der Waals surface area contributed by atoms with E-state index in [1.807, 2.05) is 49.4 Å². The summed E-state index contributed by atoms with van der Waals surface area (Å²) in [5, 5.41) is 11.9. The van der Waals surface area contributed by atoms with Gasteiger partial charge in [-0.05, 0) is 50.5 Å². The van der Waals surface area contributed by atoms with Gasteiger partial charge in [0.25, 0.3) is 0 Å². The molecule has 2 fully saturated rings. The van der Waals surface area contributed by atoms with E-state index in [0.29, 0.717) is 36.0 Å². The zero-order chi connectivity index (χ0) is 24.9. The number of rotatable bonds is 6. The quantitative estimate of drug-likeness (QED) is 0.344. The maximum Gasteiger partial charge on any atom is 0.196 e. The predicted molar refractivity (Wildman–Crippen MR) is 141 cm³/mol. The third-order valence-electron chi connectivity index (χ3n) is 7.65. The van der Waals surface area contributed by atoms with Crippen LogP contribution < -0.4 is 10.2 Å². The van der Waals surface area contributed by atoms with Crippen LogP contribution in [0.4, 0.5) is 11.6 Å². The molecule has 2 aliphatic rings. The number of hydrogen-bond acceptors (Lipinski definition) is 8. The standard InChI is InChI=1S/C28H27N7O2/c1-16-31-24-19-9-2-3-11-23(19)37-26(24)28(32-16)35-15-18(13-22(35)25(36)17-7-6-8-17)33-27-20(14-30-34-27)21-10-4-5-12-29-21/h2-5,9-12,14,17-18,22H,6-8,13,15H2,1H3,(H2,30,33,34). The number of furan rings is 1. The lowest BCUT2D eigenvalue weighted by atomic mass is 9.79. The van der Waals surface area contributed by atoms with Gasteiger partial charge in [0.15, 0.2) is 17.2 Å². The summed E-state index contributed by atoms with van der Waals surface area (Å²) >= 11 is 0. The number of carbonyl (C=O) groups excluding carboxylic acids is 1. The van der Waals surface area contributed by atoms with E-state index in [0.717, 1.165) is 52.8 Å². The first-order chi connectivity index (χ1) is 18.2. The van der Waals surface area contributed by atoms with Crippen LogP contribution in [0.2, 0.25) is 0 Å². The fourth-order valence-corrected chi connectivity index (χ4v) is 5.61. The van der Waals surface area contributed by atoms with Crippen molar-refractivity contribution in [2.75, 3.05) is 16.8 Å². The Morgan fingerprint density at radius 3 is 2.81 bits per heavy atom. The van der Waals surface area contributed by atoms with Crippen molar-refractivity contribution in [2.45, 2.75) is 44.7 Å². The number of nitrogens with one attached hydrogen (secondary N) is 2. The van der Waals surface area contributed by atoms with Gasteiger partial charge in [0.05, 0.1) is 23.5 Å². The molecule has 2 atom stereocenters. The van der Waals surface area contributed by atoms with Crippen LogP contribution in [-0.4, -0.2) is 49.6 Å². The smallest absolute Gasteiger partial charge is 0.196 e. The number of benzene rings is 1. The van der Waals surface area contributed by atoms with Gasteiger partial charge in [-0.3, -0.25) is 14.9 Å². The summed E-state index contributed by atoms with van der Waals surface area (Å²) in [6, 6.07) is 13.4. The molecule has 37 heavy (non-hydrogen) atoms. The number of aromatic nitrogens is 5.